The Morgan fingerprint density at radius 2 is 1.96 bits per heavy atom. The zero-order valence-electron chi connectivity index (χ0n) is 15.7. The Morgan fingerprint density at radius 3 is 2.54 bits per heavy atom. The molecule has 0 unspecified atom stereocenters. The van der Waals surface area contributed by atoms with Gasteiger partial charge in [-0.2, -0.15) is 0 Å². The lowest BCUT2D eigenvalue weighted by molar-refractivity contribution is -0.137. The SMILES string of the molecule is CC(C)[C@@H](NC(=O)CN1C(=O)N(C)C2(CCCCC2)C1=O)c1cccs1. The van der Waals surface area contributed by atoms with Crippen LogP contribution in [0.3, 0.4) is 0 Å². The van der Waals surface area contributed by atoms with Crippen LogP contribution in [0.1, 0.15) is 56.9 Å². The van der Waals surface area contributed by atoms with Crippen LogP contribution in [0.25, 0.3) is 0 Å². The van der Waals surface area contributed by atoms with E-state index >= 15 is 0 Å². The summed E-state index contributed by atoms with van der Waals surface area (Å²) in [7, 11) is 1.69. The molecule has 1 atom stereocenters. The van der Waals surface area contributed by atoms with Gasteiger partial charge in [0, 0.05) is 11.9 Å². The topological polar surface area (TPSA) is 69.7 Å². The number of urea groups is 1. The number of imide groups is 1. The van der Waals surface area contributed by atoms with Gasteiger partial charge < -0.3 is 10.2 Å². The number of amides is 4. The van der Waals surface area contributed by atoms with Gasteiger partial charge in [-0.25, -0.2) is 4.79 Å². The van der Waals surface area contributed by atoms with Gasteiger partial charge in [0.05, 0.1) is 6.04 Å². The normalized spacial score (nSPS) is 20.9. The summed E-state index contributed by atoms with van der Waals surface area (Å²) in [5.74, 6) is -0.285. The largest absolute Gasteiger partial charge is 0.347 e. The van der Waals surface area contributed by atoms with Gasteiger partial charge in [0.25, 0.3) is 5.91 Å². The van der Waals surface area contributed by atoms with Crippen LogP contribution >= 0.6 is 11.3 Å². The van der Waals surface area contributed by atoms with Crippen molar-refractivity contribution in [2.75, 3.05) is 13.6 Å². The Kier molecular flexibility index (Phi) is 5.37. The van der Waals surface area contributed by atoms with E-state index in [9.17, 15) is 14.4 Å². The maximum atomic E-state index is 13.0. The molecule has 6 nitrogen and oxygen atoms in total. The number of nitrogens with one attached hydrogen (secondary N) is 1. The lowest BCUT2D eigenvalue weighted by atomic mass is 9.81. The Labute approximate surface area is 158 Å². The molecule has 1 aliphatic heterocycles. The third-order valence-corrected chi connectivity index (χ3v) is 6.57. The molecule has 1 saturated carbocycles. The van der Waals surface area contributed by atoms with Gasteiger partial charge in [-0.15, -0.1) is 11.3 Å². The molecule has 1 spiro atoms. The molecule has 7 heteroatoms. The van der Waals surface area contributed by atoms with Crippen LogP contribution in [-0.2, 0) is 9.59 Å². The molecule has 4 amide bonds. The second-order valence-electron chi connectivity index (χ2n) is 7.63. The highest BCUT2D eigenvalue weighted by Gasteiger charge is 2.55. The van der Waals surface area contributed by atoms with E-state index in [4.69, 9.17) is 0 Å². The Bertz CT molecular complexity index is 680. The summed E-state index contributed by atoms with van der Waals surface area (Å²) in [5, 5.41) is 4.98. The lowest BCUT2D eigenvalue weighted by Gasteiger charge is -2.35. The maximum Gasteiger partial charge on any atom is 0.327 e. The molecule has 2 aliphatic rings. The minimum absolute atomic E-state index is 0.114. The smallest absolute Gasteiger partial charge is 0.327 e. The van der Waals surface area contributed by atoms with Crippen LogP contribution in [0.4, 0.5) is 4.79 Å². The zero-order chi connectivity index (χ0) is 18.9. The molecule has 1 saturated heterocycles. The molecule has 142 valence electrons. The van der Waals surface area contributed by atoms with Gasteiger partial charge in [-0.3, -0.25) is 14.5 Å². The number of likely N-dealkylation sites (N-methyl/N-ethyl adjacent to an activating group) is 1. The summed E-state index contributed by atoms with van der Waals surface area (Å²) >= 11 is 1.59. The summed E-state index contributed by atoms with van der Waals surface area (Å²) < 4.78 is 0. The second-order valence-corrected chi connectivity index (χ2v) is 8.61. The molecular formula is C19H27N3O3S. The van der Waals surface area contributed by atoms with E-state index in [0.29, 0.717) is 12.8 Å². The number of hydrogen-bond acceptors (Lipinski definition) is 4. The monoisotopic (exact) mass is 377 g/mol. The lowest BCUT2D eigenvalue weighted by Crippen LogP contribution is -2.49. The Balaban J connectivity index is 1.71. The van der Waals surface area contributed by atoms with E-state index in [-0.39, 0.29) is 36.3 Å². The van der Waals surface area contributed by atoms with Gasteiger partial charge in [0.2, 0.25) is 5.91 Å². The fourth-order valence-corrected chi connectivity index (χ4v) is 5.02. The van der Waals surface area contributed by atoms with Crippen molar-refractivity contribution in [1.82, 2.24) is 15.1 Å². The number of nitrogens with zero attached hydrogens (tertiary/aromatic N) is 2. The first-order valence-electron chi connectivity index (χ1n) is 9.29. The number of rotatable bonds is 5. The minimum Gasteiger partial charge on any atom is -0.347 e. The first kappa shape index (κ1) is 18.9. The predicted octanol–water partition coefficient (Wildman–Crippen LogP) is 3.16. The summed E-state index contributed by atoms with van der Waals surface area (Å²) in [6.45, 7) is 3.88. The molecule has 0 radical (unpaired) electrons. The average molecular weight is 378 g/mol. The van der Waals surface area contributed by atoms with Crippen LogP contribution in [0.5, 0.6) is 0 Å². The van der Waals surface area contributed by atoms with Crippen molar-refractivity contribution in [2.24, 2.45) is 5.92 Å². The van der Waals surface area contributed by atoms with E-state index in [2.05, 4.69) is 5.32 Å². The molecule has 0 bridgehead atoms. The van der Waals surface area contributed by atoms with Gasteiger partial charge in [-0.1, -0.05) is 39.2 Å². The molecular weight excluding hydrogens is 350 g/mol. The number of hydrogen-bond donors (Lipinski definition) is 1. The van der Waals surface area contributed by atoms with Crippen molar-refractivity contribution in [2.45, 2.75) is 57.5 Å². The van der Waals surface area contributed by atoms with Gasteiger partial charge in [0.15, 0.2) is 0 Å². The van der Waals surface area contributed by atoms with Crippen LogP contribution in [0, 0.1) is 5.92 Å². The third kappa shape index (κ3) is 3.24. The maximum absolute atomic E-state index is 13.0. The zero-order valence-corrected chi connectivity index (χ0v) is 16.5. The summed E-state index contributed by atoms with van der Waals surface area (Å²) in [5.41, 5.74) is -0.735. The highest BCUT2D eigenvalue weighted by Crippen LogP contribution is 2.39. The van der Waals surface area contributed by atoms with E-state index < -0.39 is 5.54 Å². The molecule has 0 aromatic carbocycles. The molecule has 2 fully saturated rings. The number of carbonyl (C=O) groups excluding carboxylic acids is 3. The van der Waals surface area contributed by atoms with Crippen LogP contribution < -0.4 is 5.32 Å². The van der Waals surface area contributed by atoms with Crippen LogP contribution in [0.15, 0.2) is 17.5 Å². The van der Waals surface area contributed by atoms with Crippen LogP contribution in [-0.4, -0.2) is 46.8 Å². The Hall–Kier alpha value is -1.89. The van der Waals surface area contributed by atoms with Gasteiger partial charge in [-0.05, 0) is 30.2 Å². The minimum atomic E-state index is -0.735. The number of carbonyl (C=O) groups is 3. The van der Waals surface area contributed by atoms with E-state index in [1.54, 1.807) is 23.3 Å². The van der Waals surface area contributed by atoms with Crippen molar-refractivity contribution < 1.29 is 14.4 Å². The highest BCUT2D eigenvalue weighted by molar-refractivity contribution is 7.10. The summed E-state index contributed by atoms with van der Waals surface area (Å²) in [4.78, 5) is 42.0. The third-order valence-electron chi connectivity index (χ3n) is 5.62. The standard InChI is InChI=1S/C19H27N3O3S/c1-13(2)16(14-8-7-11-26-14)20-15(23)12-22-17(24)19(21(3)18(22)25)9-5-4-6-10-19/h7-8,11,13,16H,4-6,9-10,12H2,1-3H3,(H,20,23)/t16-/m1/s1. The van der Waals surface area contributed by atoms with E-state index in [1.165, 1.54) is 0 Å². The van der Waals surface area contributed by atoms with E-state index in [0.717, 1.165) is 29.0 Å². The molecule has 26 heavy (non-hydrogen) atoms. The molecule has 1 N–H and O–H groups in total. The molecule has 1 aliphatic carbocycles. The fourth-order valence-electron chi connectivity index (χ4n) is 4.07. The summed E-state index contributed by atoms with van der Waals surface area (Å²) in [6.07, 6.45) is 4.36. The fraction of sp³-hybridized carbons (Fsp3) is 0.632. The van der Waals surface area contributed by atoms with Crippen molar-refractivity contribution in [3.8, 4) is 0 Å². The molecule has 1 aromatic rings. The van der Waals surface area contributed by atoms with Gasteiger partial charge in [0.1, 0.15) is 12.1 Å². The second kappa shape index (κ2) is 7.39. The van der Waals surface area contributed by atoms with E-state index in [1.807, 2.05) is 31.4 Å². The first-order valence-corrected chi connectivity index (χ1v) is 10.2. The molecule has 3 rings (SSSR count). The summed E-state index contributed by atoms with van der Waals surface area (Å²) in [6, 6.07) is 3.48. The Morgan fingerprint density at radius 1 is 1.27 bits per heavy atom. The molecule has 1 aromatic heterocycles. The highest BCUT2D eigenvalue weighted by atomic mass is 32.1. The van der Waals surface area contributed by atoms with Crippen molar-refractivity contribution in [1.29, 1.82) is 0 Å². The van der Waals surface area contributed by atoms with Crippen molar-refractivity contribution in [3.05, 3.63) is 22.4 Å². The van der Waals surface area contributed by atoms with Crippen molar-refractivity contribution >= 4 is 29.2 Å². The quantitative estimate of drug-likeness (QED) is 0.802. The van der Waals surface area contributed by atoms with Gasteiger partial charge >= 0.3 is 6.03 Å². The molecule has 2 heterocycles. The average Bonchev–Trinajstić information content (AvgIpc) is 3.21. The van der Waals surface area contributed by atoms with Crippen molar-refractivity contribution in [3.63, 3.8) is 0 Å². The first-order chi connectivity index (χ1) is 12.4. The predicted molar refractivity (Wildman–Crippen MR) is 101 cm³/mol. The number of thiophene rings is 1. The van der Waals surface area contributed by atoms with Crippen LogP contribution in [0.2, 0.25) is 0 Å².